The number of aliphatic hydroxyl groups excluding tert-OH is 1. The van der Waals surface area contributed by atoms with Crippen LogP contribution in [0.1, 0.15) is 77.6 Å². The van der Waals surface area contributed by atoms with Gasteiger partial charge in [-0.3, -0.25) is 19.2 Å². The number of rotatable bonds is 6. The molecule has 10 heteroatoms. The third kappa shape index (κ3) is 4.50. The SMILES string of the molecule is CCC(=O)O[C@]1(C(=O)SC(C)(C)C(=O)c2ccc(Cl)cc2)[C@H](C)C[C@H]2[C@@H]3C[C@H](F)C4=CC(=O)C=C[C@]4(C)[C@@]3(F)[C@@H](O)C[C@@]21C. The first-order valence-electron chi connectivity index (χ1n) is 15.1. The van der Waals surface area contributed by atoms with Crippen LogP contribution < -0.4 is 0 Å². The average Bonchev–Trinajstić information content (AvgIpc) is 3.17. The van der Waals surface area contributed by atoms with E-state index in [0.29, 0.717) is 10.6 Å². The fourth-order valence-electron chi connectivity index (χ4n) is 8.77. The summed E-state index contributed by atoms with van der Waals surface area (Å²) in [5, 5.41) is 11.6. The lowest BCUT2D eigenvalue weighted by atomic mass is 9.44. The zero-order chi connectivity index (χ0) is 32.6. The van der Waals surface area contributed by atoms with Crippen LogP contribution in [0.15, 0.2) is 48.1 Å². The maximum atomic E-state index is 17.7. The highest BCUT2D eigenvalue weighted by Crippen LogP contribution is 2.72. The summed E-state index contributed by atoms with van der Waals surface area (Å²) in [7, 11) is 0. The molecule has 0 unspecified atom stereocenters. The topological polar surface area (TPSA) is 97.7 Å². The van der Waals surface area contributed by atoms with Gasteiger partial charge in [0.15, 0.2) is 22.8 Å². The van der Waals surface area contributed by atoms with E-state index in [1.807, 2.05) is 0 Å². The molecule has 0 radical (unpaired) electrons. The maximum Gasteiger partial charge on any atom is 0.306 e. The molecule has 238 valence electrons. The van der Waals surface area contributed by atoms with E-state index in [4.69, 9.17) is 16.3 Å². The summed E-state index contributed by atoms with van der Waals surface area (Å²) in [6, 6.07) is 6.32. The highest BCUT2D eigenvalue weighted by molar-refractivity contribution is 8.15. The Hall–Kier alpha value is -2.36. The van der Waals surface area contributed by atoms with Gasteiger partial charge in [-0.05, 0) is 87.9 Å². The smallest absolute Gasteiger partial charge is 0.306 e. The Kier molecular flexibility index (Phi) is 8.16. The van der Waals surface area contributed by atoms with Crippen LogP contribution in [-0.2, 0) is 19.1 Å². The van der Waals surface area contributed by atoms with Crippen molar-refractivity contribution < 1.29 is 37.8 Å². The summed E-state index contributed by atoms with van der Waals surface area (Å²) in [5.41, 5.74) is -6.67. The highest BCUT2D eigenvalue weighted by Gasteiger charge is 2.78. The standard InChI is InChI=1S/C34H39ClF2O6S/c1-7-27(40)43-34(29(42)44-30(3,4)28(41)19-8-10-20(35)11-9-19)18(2)14-22-23-16-25(36)24-15-21(38)12-13-31(24,5)33(23,37)26(39)17-32(22,34)6/h8-13,15,18,22-23,25-26,39H,7,14,16-17H2,1-6H3/t18-,22+,23+,25+,26+,31+,32+,33+,34+/m1/s1. The van der Waals surface area contributed by atoms with Gasteiger partial charge in [-0.25, -0.2) is 8.78 Å². The summed E-state index contributed by atoms with van der Waals surface area (Å²) < 4.78 is 38.4. The van der Waals surface area contributed by atoms with Crippen molar-refractivity contribution in [3.63, 3.8) is 0 Å². The largest absolute Gasteiger partial charge is 0.449 e. The van der Waals surface area contributed by atoms with E-state index in [1.54, 1.807) is 58.9 Å². The number of Topliss-reactive ketones (excluding diaryl/α,β-unsaturated/α-hetero) is 1. The van der Waals surface area contributed by atoms with E-state index in [9.17, 15) is 24.3 Å². The fraction of sp³-hybridized carbons (Fsp3) is 0.588. The molecule has 6 nitrogen and oxygen atoms in total. The van der Waals surface area contributed by atoms with Gasteiger partial charge in [-0.15, -0.1) is 0 Å². The number of hydrogen-bond donors (Lipinski definition) is 1. The van der Waals surface area contributed by atoms with Gasteiger partial charge in [-0.2, -0.15) is 0 Å². The Morgan fingerprint density at radius 2 is 1.77 bits per heavy atom. The maximum absolute atomic E-state index is 17.7. The quantitative estimate of drug-likeness (QED) is 0.267. The van der Waals surface area contributed by atoms with Crippen LogP contribution >= 0.6 is 23.4 Å². The molecule has 3 fully saturated rings. The number of halogens is 3. The van der Waals surface area contributed by atoms with Crippen molar-refractivity contribution in [1.82, 2.24) is 0 Å². The molecule has 44 heavy (non-hydrogen) atoms. The Balaban J connectivity index is 1.58. The van der Waals surface area contributed by atoms with Crippen molar-refractivity contribution in [2.75, 3.05) is 0 Å². The lowest BCUT2D eigenvalue weighted by Crippen LogP contribution is -2.70. The molecule has 0 saturated heterocycles. The zero-order valence-electron chi connectivity index (χ0n) is 25.8. The van der Waals surface area contributed by atoms with Gasteiger partial charge in [-0.1, -0.05) is 50.2 Å². The molecule has 0 aromatic heterocycles. The molecule has 0 spiro atoms. The number of benzene rings is 1. The molecule has 5 rings (SSSR count). The van der Waals surface area contributed by atoms with Crippen LogP contribution in [0.4, 0.5) is 8.78 Å². The lowest BCUT2D eigenvalue weighted by Gasteiger charge is -2.63. The molecule has 0 aliphatic heterocycles. The molecule has 1 aromatic carbocycles. The van der Waals surface area contributed by atoms with E-state index in [2.05, 4.69) is 0 Å². The molecule has 3 saturated carbocycles. The van der Waals surface area contributed by atoms with Crippen LogP contribution in [0, 0.1) is 28.6 Å². The van der Waals surface area contributed by atoms with Crippen LogP contribution in [0.3, 0.4) is 0 Å². The molecule has 1 N–H and O–H groups in total. The third-order valence-electron chi connectivity index (χ3n) is 11.0. The summed E-state index contributed by atoms with van der Waals surface area (Å²) in [5.74, 6) is -3.73. The first-order valence-corrected chi connectivity index (χ1v) is 16.3. The molecule has 4 aliphatic rings. The first kappa shape index (κ1) is 33.0. The zero-order valence-corrected chi connectivity index (χ0v) is 27.4. The number of hydrogen-bond acceptors (Lipinski definition) is 7. The van der Waals surface area contributed by atoms with Crippen molar-refractivity contribution >= 4 is 46.0 Å². The van der Waals surface area contributed by atoms with E-state index in [1.165, 1.54) is 19.1 Å². The second-order valence-electron chi connectivity index (χ2n) is 13.8. The summed E-state index contributed by atoms with van der Waals surface area (Å²) in [4.78, 5) is 53.4. The van der Waals surface area contributed by atoms with Crippen molar-refractivity contribution in [3.05, 3.63) is 58.7 Å². The Bertz CT molecular complexity index is 1470. The number of aliphatic hydroxyl groups is 1. The van der Waals surface area contributed by atoms with E-state index < -0.39 is 73.7 Å². The van der Waals surface area contributed by atoms with Crippen LogP contribution in [0.25, 0.3) is 0 Å². The molecule has 0 heterocycles. The Morgan fingerprint density at radius 3 is 2.39 bits per heavy atom. The highest BCUT2D eigenvalue weighted by atomic mass is 35.5. The predicted octanol–water partition coefficient (Wildman–Crippen LogP) is 6.82. The third-order valence-corrected chi connectivity index (χ3v) is 12.5. The molecule has 0 bridgehead atoms. The summed E-state index contributed by atoms with van der Waals surface area (Å²) in [6.07, 6.45) is 0.0764. The number of esters is 1. The number of ether oxygens (including phenoxy) is 1. The predicted molar refractivity (Wildman–Crippen MR) is 165 cm³/mol. The number of carbonyl (C=O) groups excluding carboxylic acids is 4. The molecular weight excluding hydrogens is 610 g/mol. The number of ketones is 2. The van der Waals surface area contributed by atoms with Gasteiger partial charge in [0, 0.05) is 39.7 Å². The summed E-state index contributed by atoms with van der Waals surface area (Å²) >= 11 is 6.76. The van der Waals surface area contributed by atoms with Crippen molar-refractivity contribution in [2.45, 2.75) is 95.5 Å². The Labute approximate surface area is 266 Å². The number of alkyl halides is 2. The minimum Gasteiger partial charge on any atom is -0.449 e. The van der Waals surface area contributed by atoms with Gasteiger partial charge in [0.25, 0.3) is 0 Å². The van der Waals surface area contributed by atoms with Crippen LogP contribution in [0.2, 0.25) is 5.02 Å². The minimum absolute atomic E-state index is 0.00946. The average molecular weight is 649 g/mol. The minimum atomic E-state index is -2.34. The number of thioether (sulfide) groups is 1. The van der Waals surface area contributed by atoms with Crippen LogP contribution in [0.5, 0.6) is 0 Å². The van der Waals surface area contributed by atoms with Gasteiger partial charge in [0.05, 0.1) is 10.9 Å². The molecule has 1 aromatic rings. The fourth-order valence-corrected chi connectivity index (χ4v) is 10.2. The monoisotopic (exact) mass is 648 g/mol. The van der Waals surface area contributed by atoms with E-state index >= 15 is 8.78 Å². The first-order chi connectivity index (χ1) is 20.4. The van der Waals surface area contributed by atoms with Crippen molar-refractivity contribution in [3.8, 4) is 0 Å². The number of carbonyl (C=O) groups is 4. The van der Waals surface area contributed by atoms with Crippen molar-refractivity contribution in [1.29, 1.82) is 0 Å². The number of fused-ring (bicyclic) bond motifs is 5. The van der Waals surface area contributed by atoms with Gasteiger partial charge in [0.2, 0.25) is 5.12 Å². The second-order valence-corrected chi connectivity index (χ2v) is 15.8. The lowest BCUT2D eigenvalue weighted by molar-refractivity contribution is -0.228. The van der Waals surface area contributed by atoms with Crippen LogP contribution in [-0.4, -0.2) is 56.1 Å². The molecule has 4 aliphatic carbocycles. The van der Waals surface area contributed by atoms with E-state index in [0.717, 1.165) is 17.8 Å². The van der Waals surface area contributed by atoms with E-state index in [-0.39, 0.29) is 37.0 Å². The van der Waals surface area contributed by atoms with Gasteiger partial charge >= 0.3 is 5.97 Å². The van der Waals surface area contributed by atoms with Gasteiger partial charge in [0.1, 0.15) is 6.17 Å². The normalized spacial score (nSPS) is 39.5. The Morgan fingerprint density at radius 1 is 1.14 bits per heavy atom. The summed E-state index contributed by atoms with van der Waals surface area (Å²) in [6.45, 7) is 9.83. The molecular formula is C34H39ClF2O6S. The molecule has 0 amide bonds. The molecule has 9 atom stereocenters. The number of allylic oxidation sites excluding steroid dienone is 4. The second kappa shape index (κ2) is 10.9. The van der Waals surface area contributed by atoms with Crippen molar-refractivity contribution in [2.24, 2.45) is 28.6 Å². The van der Waals surface area contributed by atoms with Gasteiger partial charge < -0.3 is 9.84 Å².